The topological polar surface area (TPSA) is 17.1 Å². The second-order valence-corrected chi connectivity index (χ2v) is 4.49. The monoisotopic (exact) mass is 318 g/mol. The fourth-order valence-corrected chi connectivity index (χ4v) is 1.94. The Morgan fingerprint density at radius 3 is 2.73 bits per heavy atom. The first-order valence-electron chi connectivity index (χ1n) is 4.69. The molecule has 0 saturated carbocycles. The van der Waals surface area contributed by atoms with Crippen molar-refractivity contribution in [2.75, 3.05) is 0 Å². The van der Waals surface area contributed by atoms with Crippen molar-refractivity contribution in [3.8, 4) is 0 Å². The van der Waals surface area contributed by atoms with Crippen LogP contribution in [0.25, 0.3) is 0 Å². The molecule has 0 aliphatic carbocycles. The molecule has 0 saturated heterocycles. The lowest BCUT2D eigenvalue weighted by atomic mass is 10.0. The SMILES string of the molecule is C=C(CC)CC(=O)c1ccc(F)cc1I. The minimum Gasteiger partial charge on any atom is -0.294 e. The number of benzene rings is 1. The molecule has 0 bridgehead atoms. The van der Waals surface area contributed by atoms with Crippen LogP contribution in [0.4, 0.5) is 4.39 Å². The minimum absolute atomic E-state index is 0.00579. The molecule has 0 N–H and O–H groups in total. The van der Waals surface area contributed by atoms with Gasteiger partial charge in [-0.1, -0.05) is 19.1 Å². The summed E-state index contributed by atoms with van der Waals surface area (Å²) in [5.41, 5.74) is 1.48. The second-order valence-electron chi connectivity index (χ2n) is 3.33. The van der Waals surface area contributed by atoms with E-state index < -0.39 is 0 Å². The van der Waals surface area contributed by atoms with Crippen LogP contribution in [-0.2, 0) is 0 Å². The van der Waals surface area contributed by atoms with E-state index in [4.69, 9.17) is 0 Å². The molecule has 0 radical (unpaired) electrons. The average Bonchev–Trinajstić information content (AvgIpc) is 2.17. The third-order valence-electron chi connectivity index (χ3n) is 2.14. The number of hydrogen-bond donors (Lipinski definition) is 0. The third-order valence-corrected chi connectivity index (χ3v) is 3.03. The van der Waals surface area contributed by atoms with Crippen molar-refractivity contribution in [2.45, 2.75) is 19.8 Å². The van der Waals surface area contributed by atoms with Crippen LogP contribution in [0.1, 0.15) is 30.1 Å². The maximum absolute atomic E-state index is 12.8. The van der Waals surface area contributed by atoms with Gasteiger partial charge in [-0.15, -0.1) is 0 Å². The Morgan fingerprint density at radius 1 is 1.53 bits per heavy atom. The lowest BCUT2D eigenvalue weighted by molar-refractivity contribution is 0.0991. The molecule has 0 atom stereocenters. The van der Waals surface area contributed by atoms with E-state index in [1.807, 2.05) is 29.5 Å². The van der Waals surface area contributed by atoms with Gasteiger partial charge in [-0.25, -0.2) is 4.39 Å². The van der Waals surface area contributed by atoms with Gasteiger partial charge < -0.3 is 0 Å². The summed E-state index contributed by atoms with van der Waals surface area (Å²) in [6.45, 7) is 5.75. The molecule has 0 heterocycles. The largest absolute Gasteiger partial charge is 0.294 e. The maximum Gasteiger partial charge on any atom is 0.167 e. The van der Waals surface area contributed by atoms with Crippen LogP contribution < -0.4 is 0 Å². The molecule has 1 rings (SSSR count). The Hall–Kier alpha value is -0.710. The molecule has 0 amide bonds. The molecule has 1 aromatic carbocycles. The zero-order valence-corrected chi connectivity index (χ0v) is 10.7. The van der Waals surface area contributed by atoms with Gasteiger partial charge in [0.1, 0.15) is 5.82 Å². The summed E-state index contributed by atoms with van der Waals surface area (Å²) < 4.78 is 13.5. The molecule has 80 valence electrons. The molecular formula is C12H12FIO. The Morgan fingerprint density at radius 2 is 2.20 bits per heavy atom. The van der Waals surface area contributed by atoms with Crippen molar-refractivity contribution in [3.63, 3.8) is 0 Å². The molecule has 0 fully saturated rings. The lowest BCUT2D eigenvalue weighted by Gasteiger charge is -2.04. The highest BCUT2D eigenvalue weighted by Gasteiger charge is 2.11. The summed E-state index contributed by atoms with van der Waals surface area (Å²) in [6, 6.07) is 4.20. The van der Waals surface area contributed by atoms with Gasteiger partial charge in [-0.05, 0) is 47.2 Å². The predicted octanol–water partition coefficient (Wildman–Crippen LogP) is 3.97. The molecule has 0 aliphatic rings. The summed E-state index contributed by atoms with van der Waals surface area (Å²) in [7, 11) is 0. The highest BCUT2D eigenvalue weighted by atomic mass is 127. The highest BCUT2D eigenvalue weighted by Crippen LogP contribution is 2.18. The number of Topliss-reactive ketones (excluding diaryl/α,β-unsaturated/α-hetero) is 1. The van der Waals surface area contributed by atoms with E-state index in [0.29, 0.717) is 15.6 Å². The number of ketones is 1. The van der Waals surface area contributed by atoms with E-state index in [9.17, 15) is 9.18 Å². The number of allylic oxidation sites excluding steroid dienone is 1. The van der Waals surface area contributed by atoms with E-state index in [-0.39, 0.29) is 11.6 Å². The predicted molar refractivity (Wildman–Crippen MR) is 67.5 cm³/mol. The first-order chi connectivity index (χ1) is 7.04. The van der Waals surface area contributed by atoms with Crippen molar-refractivity contribution in [3.05, 3.63) is 45.3 Å². The molecule has 0 spiro atoms. The molecule has 0 aromatic heterocycles. The molecule has 15 heavy (non-hydrogen) atoms. The number of hydrogen-bond acceptors (Lipinski definition) is 1. The van der Waals surface area contributed by atoms with Gasteiger partial charge in [0, 0.05) is 15.6 Å². The summed E-state index contributed by atoms with van der Waals surface area (Å²) in [6.07, 6.45) is 1.14. The van der Waals surface area contributed by atoms with Crippen molar-refractivity contribution in [1.82, 2.24) is 0 Å². The first kappa shape index (κ1) is 12.4. The fraction of sp³-hybridized carbons (Fsp3) is 0.250. The molecule has 1 aromatic rings. The van der Waals surface area contributed by atoms with Gasteiger partial charge >= 0.3 is 0 Å². The smallest absolute Gasteiger partial charge is 0.167 e. The summed E-state index contributed by atoms with van der Waals surface area (Å²) in [4.78, 5) is 11.8. The van der Waals surface area contributed by atoms with Gasteiger partial charge in [0.05, 0.1) is 0 Å². The zero-order valence-electron chi connectivity index (χ0n) is 8.52. The van der Waals surface area contributed by atoms with Gasteiger partial charge in [0.15, 0.2) is 5.78 Å². The van der Waals surface area contributed by atoms with Gasteiger partial charge in [0.2, 0.25) is 0 Å². The molecule has 0 aliphatic heterocycles. The Kier molecular flexibility index (Phi) is 4.45. The third kappa shape index (κ3) is 3.41. The van der Waals surface area contributed by atoms with Gasteiger partial charge in [0.25, 0.3) is 0 Å². The standard InChI is InChI=1S/C12H12FIO/c1-3-8(2)6-12(15)10-5-4-9(13)7-11(10)14/h4-5,7H,2-3,6H2,1H3. The van der Waals surface area contributed by atoms with Crippen LogP contribution in [-0.4, -0.2) is 5.78 Å². The minimum atomic E-state index is -0.315. The maximum atomic E-state index is 12.8. The van der Waals surface area contributed by atoms with Crippen molar-refractivity contribution < 1.29 is 9.18 Å². The van der Waals surface area contributed by atoms with Crippen LogP contribution in [0.15, 0.2) is 30.4 Å². The van der Waals surface area contributed by atoms with E-state index in [2.05, 4.69) is 6.58 Å². The van der Waals surface area contributed by atoms with Crippen molar-refractivity contribution in [2.24, 2.45) is 0 Å². The lowest BCUT2D eigenvalue weighted by Crippen LogP contribution is -2.03. The quantitative estimate of drug-likeness (QED) is 0.466. The first-order valence-corrected chi connectivity index (χ1v) is 5.77. The summed E-state index contributed by atoms with van der Waals surface area (Å²) >= 11 is 1.97. The summed E-state index contributed by atoms with van der Waals surface area (Å²) in [5, 5.41) is 0. The Balaban J connectivity index is 2.87. The Labute approximate surface area is 103 Å². The summed E-state index contributed by atoms with van der Waals surface area (Å²) in [5.74, 6) is -0.309. The van der Waals surface area contributed by atoms with Gasteiger partial charge in [-0.2, -0.15) is 0 Å². The van der Waals surface area contributed by atoms with Crippen LogP contribution in [0.5, 0.6) is 0 Å². The fourth-order valence-electron chi connectivity index (χ4n) is 1.16. The van der Waals surface area contributed by atoms with Crippen LogP contribution in [0, 0.1) is 9.39 Å². The Bertz CT molecular complexity index is 399. The van der Waals surface area contributed by atoms with Gasteiger partial charge in [-0.3, -0.25) is 4.79 Å². The number of carbonyl (C=O) groups is 1. The van der Waals surface area contributed by atoms with E-state index in [1.54, 1.807) is 0 Å². The average molecular weight is 318 g/mol. The van der Waals surface area contributed by atoms with E-state index in [1.165, 1.54) is 18.2 Å². The van der Waals surface area contributed by atoms with Crippen molar-refractivity contribution in [1.29, 1.82) is 0 Å². The van der Waals surface area contributed by atoms with E-state index in [0.717, 1.165) is 12.0 Å². The number of halogens is 2. The molecule has 3 heteroatoms. The normalized spacial score (nSPS) is 10.1. The molecule has 0 unspecified atom stereocenters. The second kappa shape index (κ2) is 5.39. The zero-order chi connectivity index (χ0) is 11.4. The van der Waals surface area contributed by atoms with Crippen LogP contribution in [0.3, 0.4) is 0 Å². The van der Waals surface area contributed by atoms with Crippen molar-refractivity contribution >= 4 is 28.4 Å². The van der Waals surface area contributed by atoms with Crippen LogP contribution >= 0.6 is 22.6 Å². The molecular weight excluding hydrogens is 306 g/mol. The number of rotatable bonds is 4. The highest BCUT2D eigenvalue weighted by molar-refractivity contribution is 14.1. The van der Waals surface area contributed by atoms with E-state index >= 15 is 0 Å². The number of carbonyl (C=O) groups excluding carboxylic acids is 1. The molecule has 1 nitrogen and oxygen atoms in total. The van der Waals surface area contributed by atoms with Crippen LogP contribution in [0.2, 0.25) is 0 Å².